The predicted octanol–water partition coefficient (Wildman–Crippen LogP) is 3.56. The molecule has 0 unspecified atom stereocenters. The van der Waals surface area contributed by atoms with Crippen molar-refractivity contribution in [3.63, 3.8) is 0 Å². The minimum Gasteiger partial charge on any atom is -0.326 e. The highest BCUT2D eigenvalue weighted by molar-refractivity contribution is 7.97. The van der Waals surface area contributed by atoms with Crippen molar-refractivity contribution in [2.24, 2.45) is 11.1 Å². The van der Waals surface area contributed by atoms with Gasteiger partial charge in [0.25, 0.3) is 0 Å². The van der Waals surface area contributed by atoms with E-state index in [4.69, 9.17) is 5.14 Å². The third-order valence-corrected chi connectivity index (χ3v) is 3.99. The first-order valence-corrected chi connectivity index (χ1v) is 7.45. The quantitative estimate of drug-likeness (QED) is 0.648. The number of carbonyl (C=O) groups excluding carboxylic acids is 1. The summed E-state index contributed by atoms with van der Waals surface area (Å²) in [5, 5.41) is 8.52. The molecule has 0 bridgehead atoms. The normalized spacial score (nSPS) is 17.2. The molecule has 1 aliphatic carbocycles. The fourth-order valence-electron chi connectivity index (χ4n) is 2.43. The van der Waals surface area contributed by atoms with E-state index in [0.717, 1.165) is 23.4 Å². The van der Waals surface area contributed by atoms with Gasteiger partial charge in [0.05, 0.1) is 0 Å². The number of nitrogens with two attached hydrogens (primary N) is 1. The fourth-order valence-corrected chi connectivity index (χ4v) is 2.79. The van der Waals surface area contributed by atoms with E-state index < -0.39 is 0 Å². The van der Waals surface area contributed by atoms with E-state index >= 15 is 0 Å². The molecule has 18 heavy (non-hydrogen) atoms. The maximum atomic E-state index is 12.2. The first-order valence-electron chi connectivity index (χ1n) is 6.57. The van der Waals surface area contributed by atoms with Gasteiger partial charge in [-0.3, -0.25) is 9.93 Å². The Morgan fingerprint density at radius 2 is 1.94 bits per heavy atom. The molecule has 1 amide bonds. The smallest absolute Gasteiger partial charge is 0.227 e. The van der Waals surface area contributed by atoms with Crippen LogP contribution in [0.25, 0.3) is 0 Å². The second-order valence-electron chi connectivity index (χ2n) is 4.82. The average molecular weight is 264 g/mol. The molecular weight excluding hydrogens is 244 g/mol. The van der Waals surface area contributed by atoms with Gasteiger partial charge >= 0.3 is 0 Å². The molecule has 0 atom stereocenters. The van der Waals surface area contributed by atoms with Crippen LogP contribution < -0.4 is 10.5 Å². The molecule has 1 fully saturated rings. The average Bonchev–Trinajstić information content (AvgIpc) is 2.68. The van der Waals surface area contributed by atoms with Gasteiger partial charge in [0.2, 0.25) is 5.91 Å². The van der Waals surface area contributed by atoms with E-state index in [1.165, 1.54) is 37.6 Å². The summed E-state index contributed by atoms with van der Waals surface area (Å²) in [6, 6.07) is 7.68. The summed E-state index contributed by atoms with van der Waals surface area (Å²) < 4.78 is 0. The largest absolute Gasteiger partial charge is 0.326 e. The first kappa shape index (κ1) is 13.4. The maximum absolute atomic E-state index is 12.2. The van der Waals surface area contributed by atoms with E-state index in [9.17, 15) is 4.79 Å². The summed E-state index contributed by atoms with van der Waals surface area (Å²) in [4.78, 5) is 13.1. The summed E-state index contributed by atoms with van der Waals surface area (Å²) >= 11 is 1.20. The van der Waals surface area contributed by atoms with E-state index in [0.29, 0.717) is 0 Å². The zero-order valence-corrected chi connectivity index (χ0v) is 11.3. The van der Waals surface area contributed by atoms with Crippen LogP contribution in [0.2, 0.25) is 0 Å². The molecule has 1 saturated carbocycles. The Hall–Kier alpha value is -1.00. The lowest BCUT2D eigenvalue weighted by Crippen LogP contribution is -2.22. The Labute approximate surface area is 113 Å². The minimum absolute atomic E-state index is 0.163. The lowest BCUT2D eigenvalue weighted by atomic mass is 9.99. The molecule has 0 aromatic heterocycles. The maximum Gasteiger partial charge on any atom is 0.227 e. The number of benzene rings is 1. The topological polar surface area (TPSA) is 55.1 Å². The zero-order chi connectivity index (χ0) is 12.8. The van der Waals surface area contributed by atoms with Gasteiger partial charge in [-0.2, -0.15) is 0 Å². The second-order valence-corrected chi connectivity index (χ2v) is 5.53. The Morgan fingerprint density at radius 3 is 2.61 bits per heavy atom. The monoisotopic (exact) mass is 264 g/mol. The number of anilines is 1. The van der Waals surface area contributed by atoms with Crippen molar-refractivity contribution < 1.29 is 4.79 Å². The van der Waals surface area contributed by atoms with Gasteiger partial charge in [0, 0.05) is 16.5 Å². The molecule has 1 aromatic carbocycles. The van der Waals surface area contributed by atoms with Crippen molar-refractivity contribution in [2.45, 2.75) is 43.4 Å². The van der Waals surface area contributed by atoms with Crippen molar-refractivity contribution >= 4 is 23.5 Å². The third kappa shape index (κ3) is 3.75. The van der Waals surface area contributed by atoms with Crippen LogP contribution in [0.15, 0.2) is 29.2 Å². The van der Waals surface area contributed by atoms with Crippen LogP contribution >= 0.6 is 11.9 Å². The van der Waals surface area contributed by atoms with E-state index in [1.54, 1.807) is 0 Å². The number of amides is 1. The van der Waals surface area contributed by atoms with Gasteiger partial charge in [-0.15, -0.1) is 0 Å². The van der Waals surface area contributed by atoms with E-state index in [1.807, 2.05) is 24.3 Å². The molecule has 3 N–H and O–H groups in total. The molecular formula is C14H20N2OS. The van der Waals surface area contributed by atoms with Gasteiger partial charge in [-0.25, -0.2) is 0 Å². The second kappa shape index (κ2) is 6.81. The van der Waals surface area contributed by atoms with Gasteiger partial charge in [-0.05, 0) is 43.0 Å². The van der Waals surface area contributed by atoms with Crippen LogP contribution in [0.5, 0.6) is 0 Å². The minimum atomic E-state index is 0.163. The van der Waals surface area contributed by atoms with Crippen LogP contribution in [0.1, 0.15) is 38.5 Å². The highest BCUT2D eigenvalue weighted by Gasteiger charge is 2.19. The molecule has 0 radical (unpaired) electrons. The lowest BCUT2D eigenvalue weighted by Gasteiger charge is -2.14. The summed E-state index contributed by atoms with van der Waals surface area (Å²) in [5.74, 6) is 0.345. The standard InChI is InChI=1S/C14H20N2OS/c15-18-13-9-5-8-12(10-13)16-14(17)11-6-3-1-2-4-7-11/h5,8-11H,1-4,6-7,15H2,(H,16,17). The number of rotatable bonds is 3. The number of hydrogen-bond acceptors (Lipinski definition) is 3. The Bertz CT molecular complexity index is 401. The molecule has 2 rings (SSSR count). The van der Waals surface area contributed by atoms with Crippen LogP contribution in [0, 0.1) is 5.92 Å². The molecule has 0 spiro atoms. The van der Waals surface area contributed by atoms with E-state index in [-0.39, 0.29) is 11.8 Å². The highest BCUT2D eigenvalue weighted by atomic mass is 32.2. The fraction of sp³-hybridized carbons (Fsp3) is 0.500. The van der Waals surface area contributed by atoms with Crippen LogP contribution in [0.4, 0.5) is 5.69 Å². The molecule has 0 heterocycles. The van der Waals surface area contributed by atoms with Crippen molar-refractivity contribution in [1.29, 1.82) is 0 Å². The summed E-state index contributed by atoms with van der Waals surface area (Å²) in [5.41, 5.74) is 0.847. The Balaban J connectivity index is 1.96. The van der Waals surface area contributed by atoms with Crippen molar-refractivity contribution in [3.05, 3.63) is 24.3 Å². The summed E-state index contributed by atoms with van der Waals surface area (Å²) in [6.45, 7) is 0. The summed E-state index contributed by atoms with van der Waals surface area (Å²) in [7, 11) is 0. The Kier molecular flexibility index (Phi) is 5.08. The summed E-state index contributed by atoms with van der Waals surface area (Å²) in [6.07, 6.45) is 6.94. The van der Waals surface area contributed by atoms with Crippen molar-refractivity contribution in [2.75, 3.05) is 5.32 Å². The van der Waals surface area contributed by atoms with Crippen LogP contribution in [0.3, 0.4) is 0 Å². The van der Waals surface area contributed by atoms with Crippen molar-refractivity contribution in [1.82, 2.24) is 0 Å². The third-order valence-electron chi connectivity index (χ3n) is 3.46. The Morgan fingerprint density at radius 1 is 1.22 bits per heavy atom. The molecule has 3 nitrogen and oxygen atoms in total. The highest BCUT2D eigenvalue weighted by Crippen LogP contribution is 2.25. The number of hydrogen-bond donors (Lipinski definition) is 2. The molecule has 98 valence electrons. The van der Waals surface area contributed by atoms with Gasteiger partial charge in [0.1, 0.15) is 0 Å². The number of carbonyl (C=O) groups is 1. The number of nitrogens with one attached hydrogen (secondary N) is 1. The van der Waals surface area contributed by atoms with Crippen LogP contribution in [-0.2, 0) is 4.79 Å². The predicted molar refractivity (Wildman–Crippen MR) is 76.3 cm³/mol. The lowest BCUT2D eigenvalue weighted by molar-refractivity contribution is -0.120. The van der Waals surface area contributed by atoms with Gasteiger partial charge in [-0.1, -0.05) is 31.7 Å². The van der Waals surface area contributed by atoms with Crippen molar-refractivity contribution in [3.8, 4) is 0 Å². The SMILES string of the molecule is NSc1cccc(NC(=O)C2CCCCCC2)c1. The molecule has 1 aromatic rings. The van der Waals surface area contributed by atoms with E-state index in [2.05, 4.69) is 5.32 Å². The molecule has 1 aliphatic rings. The molecule has 4 heteroatoms. The first-order chi connectivity index (χ1) is 8.79. The zero-order valence-electron chi connectivity index (χ0n) is 10.5. The van der Waals surface area contributed by atoms with Gasteiger partial charge < -0.3 is 5.32 Å². The van der Waals surface area contributed by atoms with Crippen LogP contribution in [-0.4, -0.2) is 5.91 Å². The van der Waals surface area contributed by atoms with Gasteiger partial charge in [0.15, 0.2) is 0 Å². The molecule has 0 saturated heterocycles. The molecule has 0 aliphatic heterocycles.